The van der Waals surface area contributed by atoms with E-state index in [0.29, 0.717) is 19.2 Å². The van der Waals surface area contributed by atoms with E-state index in [0.717, 1.165) is 23.6 Å². The summed E-state index contributed by atoms with van der Waals surface area (Å²) in [5.74, 6) is 1.58. The lowest BCUT2D eigenvalue weighted by molar-refractivity contribution is -0.0572. The monoisotopic (exact) mass is 337 g/mol. The summed E-state index contributed by atoms with van der Waals surface area (Å²) >= 11 is 0. The minimum absolute atomic E-state index is 0.231. The summed E-state index contributed by atoms with van der Waals surface area (Å²) < 4.78 is 16.4. The number of aliphatic hydroxyl groups is 1. The lowest BCUT2D eigenvalue weighted by atomic mass is 10.1. The van der Waals surface area contributed by atoms with Gasteiger partial charge in [0, 0.05) is 25.2 Å². The number of benzene rings is 1. The van der Waals surface area contributed by atoms with Gasteiger partial charge in [-0.1, -0.05) is 0 Å². The molecule has 1 aliphatic carbocycles. The van der Waals surface area contributed by atoms with E-state index in [1.165, 1.54) is 12.8 Å². The Morgan fingerprint density at radius 3 is 2.17 bits per heavy atom. The fraction of sp³-hybridized carbons (Fsp3) is 0.684. The molecule has 5 heteroatoms. The first-order valence-corrected chi connectivity index (χ1v) is 8.58. The van der Waals surface area contributed by atoms with E-state index in [1.807, 2.05) is 39.0 Å². The van der Waals surface area contributed by atoms with Crippen LogP contribution in [0.2, 0.25) is 0 Å². The van der Waals surface area contributed by atoms with Crippen molar-refractivity contribution >= 4 is 0 Å². The summed E-state index contributed by atoms with van der Waals surface area (Å²) in [4.78, 5) is 2.32. The molecule has 0 saturated heterocycles. The van der Waals surface area contributed by atoms with Crippen LogP contribution >= 0.6 is 0 Å². The first kappa shape index (κ1) is 19.0. The van der Waals surface area contributed by atoms with Crippen LogP contribution in [0.1, 0.15) is 39.2 Å². The summed E-state index contributed by atoms with van der Waals surface area (Å²) in [6.07, 6.45) is 1.89. The fourth-order valence-corrected chi connectivity index (χ4v) is 2.64. The number of hydrogen-bond acceptors (Lipinski definition) is 5. The minimum Gasteiger partial charge on any atom is -0.497 e. The highest BCUT2D eigenvalue weighted by atomic mass is 16.5. The molecule has 1 unspecified atom stereocenters. The Labute approximate surface area is 145 Å². The molecule has 0 radical (unpaired) electrons. The topological polar surface area (TPSA) is 51.2 Å². The van der Waals surface area contributed by atoms with Crippen molar-refractivity contribution < 1.29 is 19.3 Å². The van der Waals surface area contributed by atoms with E-state index < -0.39 is 6.10 Å². The molecule has 24 heavy (non-hydrogen) atoms. The quantitative estimate of drug-likeness (QED) is 0.751. The fourth-order valence-electron chi connectivity index (χ4n) is 2.64. The Hall–Kier alpha value is -1.30. The Bertz CT molecular complexity index is 500. The van der Waals surface area contributed by atoms with Crippen molar-refractivity contribution in [3.05, 3.63) is 23.8 Å². The highest BCUT2D eigenvalue weighted by Gasteiger charge is 2.30. The van der Waals surface area contributed by atoms with Crippen LogP contribution in [0.4, 0.5) is 0 Å². The summed E-state index contributed by atoms with van der Waals surface area (Å²) in [7, 11) is 3.32. The second-order valence-electron chi connectivity index (χ2n) is 7.46. The maximum Gasteiger partial charge on any atom is 0.122 e. The van der Waals surface area contributed by atoms with Gasteiger partial charge in [0.1, 0.15) is 11.5 Å². The molecule has 0 spiro atoms. The molecule has 0 heterocycles. The van der Waals surface area contributed by atoms with Crippen LogP contribution < -0.4 is 9.47 Å². The molecule has 0 aromatic heterocycles. The number of methoxy groups -OCH3 is 2. The molecule has 0 aliphatic heterocycles. The van der Waals surface area contributed by atoms with Gasteiger partial charge in [-0.15, -0.1) is 0 Å². The lowest BCUT2D eigenvalue weighted by Crippen LogP contribution is -2.37. The second kappa shape index (κ2) is 8.19. The standard InChI is InChI=1S/C19H31NO4/c1-19(2,3)24-13-16(21)12-20(15-6-7-15)11-14-8-17(22-4)10-18(9-14)23-5/h8-10,15-16,21H,6-7,11-13H2,1-5H3. The molecule has 1 N–H and O–H groups in total. The predicted molar refractivity (Wildman–Crippen MR) is 94.7 cm³/mol. The van der Waals surface area contributed by atoms with Crippen molar-refractivity contribution in [3.8, 4) is 11.5 Å². The van der Waals surface area contributed by atoms with Crippen LogP contribution in [-0.2, 0) is 11.3 Å². The van der Waals surface area contributed by atoms with Crippen molar-refractivity contribution in [1.29, 1.82) is 0 Å². The molecular formula is C19H31NO4. The Morgan fingerprint density at radius 1 is 1.12 bits per heavy atom. The van der Waals surface area contributed by atoms with E-state index in [4.69, 9.17) is 14.2 Å². The zero-order valence-electron chi connectivity index (χ0n) is 15.5. The van der Waals surface area contributed by atoms with Gasteiger partial charge in [-0.3, -0.25) is 4.90 Å². The van der Waals surface area contributed by atoms with Crippen molar-refractivity contribution in [3.63, 3.8) is 0 Å². The largest absolute Gasteiger partial charge is 0.497 e. The highest BCUT2D eigenvalue weighted by Crippen LogP contribution is 2.30. The molecule has 5 nitrogen and oxygen atoms in total. The zero-order chi connectivity index (χ0) is 17.7. The molecular weight excluding hydrogens is 306 g/mol. The number of ether oxygens (including phenoxy) is 3. The molecule has 1 aliphatic rings. The molecule has 1 atom stereocenters. The van der Waals surface area contributed by atoms with Crippen LogP contribution in [0.3, 0.4) is 0 Å². The summed E-state index contributed by atoms with van der Waals surface area (Å²) in [5, 5.41) is 10.3. The van der Waals surface area contributed by atoms with E-state index in [2.05, 4.69) is 4.90 Å². The molecule has 136 valence electrons. The number of rotatable bonds is 9. The lowest BCUT2D eigenvalue weighted by Gasteiger charge is -2.27. The molecule has 1 fully saturated rings. The number of nitrogens with zero attached hydrogens (tertiary/aromatic N) is 1. The van der Waals surface area contributed by atoms with Gasteiger partial charge in [0.2, 0.25) is 0 Å². The van der Waals surface area contributed by atoms with Crippen molar-refractivity contribution in [2.75, 3.05) is 27.4 Å². The van der Waals surface area contributed by atoms with Gasteiger partial charge in [0.25, 0.3) is 0 Å². The van der Waals surface area contributed by atoms with Crippen molar-refractivity contribution in [1.82, 2.24) is 4.90 Å². The minimum atomic E-state index is -0.489. The van der Waals surface area contributed by atoms with E-state index in [-0.39, 0.29) is 5.60 Å². The van der Waals surface area contributed by atoms with Crippen LogP contribution in [-0.4, -0.2) is 55.1 Å². The molecule has 0 amide bonds. The van der Waals surface area contributed by atoms with Gasteiger partial charge in [-0.25, -0.2) is 0 Å². The number of hydrogen-bond donors (Lipinski definition) is 1. The highest BCUT2D eigenvalue weighted by molar-refractivity contribution is 5.38. The molecule has 0 bridgehead atoms. The van der Waals surface area contributed by atoms with E-state index >= 15 is 0 Å². The Kier molecular flexibility index (Phi) is 6.49. The molecule has 1 saturated carbocycles. The van der Waals surface area contributed by atoms with Crippen molar-refractivity contribution in [2.24, 2.45) is 0 Å². The van der Waals surface area contributed by atoms with Crippen LogP contribution in [0.25, 0.3) is 0 Å². The molecule has 1 aromatic rings. The molecule has 2 rings (SSSR count). The summed E-state index contributed by atoms with van der Waals surface area (Å²) in [6.45, 7) is 7.74. The first-order valence-electron chi connectivity index (χ1n) is 8.58. The Balaban J connectivity index is 1.98. The average molecular weight is 337 g/mol. The third kappa shape index (κ3) is 6.30. The van der Waals surface area contributed by atoms with Crippen molar-refractivity contribution in [2.45, 2.75) is 57.9 Å². The van der Waals surface area contributed by atoms with Gasteiger partial charge >= 0.3 is 0 Å². The predicted octanol–water partition coefficient (Wildman–Crippen LogP) is 2.84. The zero-order valence-corrected chi connectivity index (χ0v) is 15.5. The smallest absolute Gasteiger partial charge is 0.122 e. The van der Waals surface area contributed by atoms with Crippen LogP contribution in [0.15, 0.2) is 18.2 Å². The first-order chi connectivity index (χ1) is 11.3. The van der Waals surface area contributed by atoms with Crippen LogP contribution in [0, 0.1) is 0 Å². The van der Waals surface area contributed by atoms with Gasteiger partial charge < -0.3 is 19.3 Å². The van der Waals surface area contributed by atoms with Gasteiger partial charge in [0.05, 0.1) is 32.5 Å². The summed E-state index contributed by atoms with van der Waals surface area (Å²) in [6, 6.07) is 6.47. The molecule has 1 aromatic carbocycles. The maximum absolute atomic E-state index is 10.3. The van der Waals surface area contributed by atoms with Gasteiger partial charge in [0.15, 0.2) is 0 Å². The summed E-state index contributed by atoms with van der Waals surface area (Å²) in [5.41, 5.74) is 0.896. The maximum atomic E-state index is 10.3. The van der Waals surface area contributed by atoms with E-state index in [1.54, 1.807) is 14.2 Å². The van der Waals surface area contributed by atoms with Gasteiger partial charge in [-0.05, 0) is 51.3 Å². The van der Waals surface area contributed by atoms with E-state index in [9.17, 15) is 5.11 Å². The van der Waals surface area contributed by atoms with Crippen LogP contribution in [0.5, 0.6) is 11.5 Å². The third-order valence-electron chi connectivity index (χ3n) is 4.01. The normalized spacial score (nSPS) is 16.3. The Morgan fingerprint density at radius 2 is 1.71 bits per heavy atom. The second-order valence-corrected chi connectivity index (χ2v) is 7.46. The SMILES string of the molecule is COc1cc(CN(CC(O)COC(C)(C)C)C2CC2)cc(OC)c1. The number of aliphatic hydroxyl groups excluding tert-OH is 1. The third-order valence-corrected chi connectivity index (χ3v) is 4.01. The average Bonchev–Trinajstić information content (AvgIpc) is 3.36. The van der Waals surface area contributed by atoms with Gasteiger partial charge in [-0.2, -0.15) is 0 Å².